The SMILES string of the molecule is CCCCCCOc1ccc(-c2c(C#N)c(N)nc(CCC)c2CC)cc1. The third-order valence-electron chi connectivity index (χ3n) is 4.77. The molecule has 1 heterocycles. The van der Waals surface area contributed by atoms with Gasteiger partial charge in [-0.3, -0.25) is 0 Å². The topological polar surface area (TPSA) is 71.9 Å². The number of benzene rings is 1. The summed E-state index contributed by atoms with van der Waals surface area (Å²) in [5, 5.41) is 9.65. The third-order valence-corrected chi connectivity index (χ3v) is 4.77. The molecule has 0 bridgehead atoms. The highest BCUT2D eigenvalue weighted by Gasteiger charge is 2.18. The lowest BCUT2D eigenvalue weighted by atomic mass is 9.91. The lowest BCUT2D eigenvalue weighted by molar-refractivity contribution is 0.305. The molecular formula is C23H31N3O. The molecule has 4 heteroatoms. The maximum atomic E-state index is 9.65. The Morgan fingerprint density at radius 2 is 1.78 bits per heavy atom. The molecule has 0 amide bonds. The number of anilines is 1. The maximum absolute atomic E-state index is 9.65. The number of aryl methyl sites for hydroxylation is 1. The quantitative estimate of drug-likeness (QED) is 0.550. The standard InChI is InChI=1S/C23H31N3O/c1-4-7-8-9-15-27-18-13-11-17(12-14-18)22-19(6-3)21(10-5-2)26-23(25)20(22)16-24/h11-14H,4-10,15H2,1-3H3,(H2,25,26). The maximum Gasteiger partial charge on any atom is 0.142 e. The molecule has 0 atom stereocenters. The zero-order valence-electron chi connectivity index (χ0n) is 16.8. The Labute approximate surface area is 163 Å². The van der Waals surface area contributed by atoms with Crippen LogP contribution in [0.3, 0.4) is 0 Å². The van der Waals surface area contributed by atoms with Crippen molar-refractivity contribution in [1.82, 2.24) is 4.98 Å². The van der Waals surface area contributed by atoms with Gasteiger partial charge >= 0.3 is 0 Å². The first kappa shape index (κ1) is 20.8. The summed E-state index contributed by atoms with van der Waals surface area (Å²) < 4.78 is 5.84. The number of ether oxygens (including phenoxy) is 1. The second-order valence-corrected chi connectivity index (χ2v) is 6.82. The molecule has 0 aliphatic rings. The van der Waals surface area contributed by atoms with Crippen LogP contribution in [0.1, 0.15) is 69.7 Å². The molecule has 0 aliphatic carbocycles. The predicted molar refractivity (Wildman–Crippen MR) is 112 cm³/mol. The minimum atomic E-state index is 0.324. The van der Waals surface area contributed by atoms with Crippen LogP contribution in [0.5, 0.6) is 5.75 Å². The molecule has 1 aromatic heterocycles. The Hall–Kier alpha value is -2.54. The van der Waals surface area contributed by atoms with Crippen molar-refractivity contribution in [1.29, 1.82) is 5.26 Å². The summed E-state index contributed by atoms with van der Waals surface area (Å²) in [7, 11) is 0. The van der Waals surface area contributed by atoms with Gasteiger partial charge in [-0.1, -0.05) is 58.6 Å². The Bertz CT molecular complexity index is 776. The van der Waals surface area contributed by atoms with Crippen molar-refractivity contribution in [3.63, 3.8) is 0 Å². The molecule has 4 nitrogen and oxygen atoms in total. The zero-order valence-corrected chi connectivity index (χ0v) is 16.8. The molecule has 0 aliphatic heterocycles. The molecule has 2 N–H and O–H groups in total. The van der Waals surface area contributed by atoms with Gasteiger partial charge in [0.05, 0.1) is 6.61 Å². The highest BCUT2D eigenvalue weighted by Crippen LogP contribution is 2.34. The van der Waals surface area contributed by atoms with Gasteiger partial charge < -0.3 is 10.5 Å². The van der Waals surface area contributed by atoms with Crippen molar-refractivity contribution >= 4 is 5.82 Å². The van der Waals surface area contributed by atoms with E-state index in [4.69, 9.17) is 10.5 Å². The second-order valence-electron chi connectivity index (χ2n) is 6.82. The van der Waals surface area contributed by atoms with Crippen LogP contribution in [0.2, 0.25) is 0 Å². The van der Waals surface area contributed by atoms with Gasteiger partial charge in [0.2, 0.25) is 0 Å². The van der Waals surface area contributed by atoms with E-state index in [1.165, 1.54) is 19.3 Å². The molecule has 2 rings (SSSR count). The molecule has 0 fully saturated rings. The van der Waals surface area contributed by atoms with Crippen molar-refractivity contribution in [3.05, 3.63) is 41.1 Å². The summed E-state index contributed by atoms with van der Waals surface area (Å²) in [4.78, 5) is 4.50. The number of hydrogen-bond acceptors (Lipinski definition) is 4. The molecule has 0 saturated carbocycles. The predicted octanol–water partition coefficient (Wildman–Crippen LogP) is 5.68. The Balaban J connectivity index is 2.30. The fraction of sp³-hybridized carbons (Fsp3) is 0.478. The van der Waals surface area contributed by atoms with Crippen LogP contribution in [-0.2, 0) is 12.8 Å². The Morgan fingerprint density at radius 1 is 1.04 bits per heavy atom. The van der Waals surface area contributed by atoms with E-state index in [0.29, 0.717) is 11.4 Å². The first-order valence-corrected chi connectivity index (χ1v) is 10.1. The van der Waals surface area contributed by atoms with Crippen molar-refractivity contribution in [2.75, 3.05) is 12.3 Å². The number of nitrogens with two attached hydrogens (primary N) is 1. The van der Waals surface area contributed by atoms with Crippen LogP contribution in [-0.4, -0.2) is 11.6 Å². The largest absolute Gasteiger partial charge is 0.494 e. The zero-order chi connectivity index (χ0) is 19.6. The number of nitrogens with zero attached hydrogens (tertiary/aromatic N) is 2. The summed E-state index contributed by atoms with van der Waals surface area (Å²) in [6.07, 6.45) is 7.45. The second kappa shape index (κ2) is 10.6. The van der Waals surface area contributed by atoms with Crippen molar-refractivity contribution < 1.29 is 4.74 Å². The minimum absolute atomic E-state index is 0.324. The monoisotopic (exact) mass is 365 g/mol. The van der Waals surface area contributed by atoms with Crippen LogP contribution in [0.4, 0.5) is 5.82 Å². The molecule has 27 heavy (non-hydrogen) atoms. The highest BCUT2D eigenvalue weighted by atomic mass is 16.5. The van der Waals surface area contributed by atoms with E-state index < -0.39 is 0 Å². The Morgan fingerprint density at radius 3 is 2.37 bits per heavy atom. The van der Waals surface area contributed by atoms with Gasteiger partial charge in [0.15, 0.2) is 0 Å². The molecule has 0 spiro atoms. The van der Waals surface area contributed by atoms with Gasteiger partial charge in [-0.25, -0.2) is 4.98 Å². The van der Waals surface area contributed by atoms with E-state index in [-0.39, 0.29) is 0 Å². The van der Waals surface area contributed by atoms with Gasteiger partial charge in [0, 0.05) is 11.3 Å². The lowest BCUT2D eigenvalue weighted by Gasteiger charge is -2.17. The van der Waals surface area contributed by atoms with Crippen LogP contribution in [0.15, 0.2) is 24.3 Å². The number of nitrogen functional groups attached to an aromatic ring is 1. The molecule has 0 unspecified atom stereocenters. The minimum Gasteiger partial charge on any atom is -0.494 e. The normalized spacial score (nSPS) is 10.6. The van der Waals surface area contributed by atoms with Gasteiger partial charge in [-0.2, -0.15) is 5.26 Å². The molecular weight excluding hydrogens is 334 g/mol. The fourth-order valence-electron chi connectivity index (χ4n) is 3.38. The Kier molecular flexibility index (Phi) is 8.13. The molecule has 0 radical (unpaired) electrons. The fourth-order valence-corrected chi connectivity index (χ4v) is 3.38. The van der Waals surface area contributed by atoms with Crippen molar-refractivity contribution in [2.45, 2.75) is 65.7 Å². The van der Waals surface area contributed by atoms with E-state index in [1.54, 1.807) is 0 Å². The average molecular weight is 366 g/mol. The lowest BCUT2D eigenvalue weighted by Crippen LogP contribution is -2.07. The van der Waals surface area contributed by atoms with E-state index in [9.17, 15) is 5.26 Å². The summed E-state index contributed by atoms with van der Waals surface area (Å²) in [6.45, 7) is 7.18. The number of rotatable bonds is 10. The first-order valence-electron chi connectivity index (χ1n) is 10.1. The summed E-state index contributed by atoms with van der Waals surface area (Å²) in [5.41, 5.74) is 10.6. The number of pyridine rings is 1. The van der Waals surface area contributed by atoms with Crippen LogP contribution >= 0.6 is 0 Å². The van der Waals surface area contributed by atoms with Crippen LogP contribution < -0.4 is 10.5 Å². The average Bonchev–Trinajstić information content (AvgIpc) is 2.68. The highest BCUT2D eigenvalue weighted by molar-refractivity contribution is 5.79. The van der Waals surface area contributed by atoms with Crippen molar-refractivity contribution in [2.24, 2.45) is 0 Å². The number of hydrogen-bond donors (Lipinski definition) is 1. The number of nitriles is 1. The van der Waals surface area contributed by atoms with E-state index >= 15 is 0 Å². The molecule has 1 aromatic carbocycles. The van der Waals surface area contributed by atoms with Crippen molar-refractivity contribution in [3.8, 4) is 22.9 Å². The van der Waals surface area contributed by atoms with Gasteiger partial charge in [-0.15, -0.1) is 0 Å². The molecule has 2 aromatic rings. The van der Waals surface area contributed by atoms with E-state index in [1.807, 2.05) is 24.3 Å². The van der Waals surface area contributed by atoms with E-state index in [0.717, 1.165) is 60.4 Å². The van der Waals surface area contributed by atoms with Gasteiger partial charge in [-0.05, 0) is 42.5 Å². The molecule has 144 valence electrons. The van der Waals surface area contributed by atoms with E-state index in [2.05, 4.69) is 31.8 Å². The van der Waals surface area contributed by atoms with Crippen LogP contribution in [0.25, 0.3) is 11.1 Å². The summed E-state index contributed by atoms with van der Waals surface area (Å²) in [6, 6.07) is 10.3. The van der Waals surface area contributed by atoms with Gasteiger partial charge in [0.1, 0.15) is 23.2 Å². The summed E-state index contributed by atoms with van der Waals surface area (Å²) in [5.74, 6) is 1.19. The number of unbranched alkanes of at least 4 members (excludes halogenated alkanes) is 3. The number of aromatic nitrogens is 1. The third kappa shape index (κ3) is 5.23. The first-order chi connectivity index (χ1) is 13.2. The molecule has 0 saturated heterocycles. The van der Waals surface area contributed by atoms with Crippen LogP contribution in [0, 0.1) is 11.3 Å². The summed E-state index contributed by atoms with van der Waals surface area (Å²) >= 11 is 0. The van der Waals surface area contributed by atoms with Gasteiger partial charge in [0.25, 0.3) is 0 Å². The smallest absolute Gasteiger partial charge is 0.142 e.